The highest BCUT2D eigenvalue weighted by molar-refractivity contribution is 6.08. The summed E-state index contributed by atoms with van der Waals surface area (Å²) in [7, 11) is 1.57. The highest BCUT2D eigenvalue weighted by Crippen LogP contribution is 2.24. The molecule has 1 N–H and O–H groups in total. The van der Waals surface area contributed by atoms with Gasteiger partial charge in [0.15, 0.2) is 0 Å². The number of imidazole rings is 1. The molecule has 0 spiro atoms. The van der Waals surface area contributed by atoms with Crippen LogP contribution in [0.15, 0.2) is 55.0 Å². The second-order valence-electron chi connectivity index (χ2n) is 4.23. The number of methoxy groups -OCH3 is 1. The number of rotatable bonds is 3. The van der Waals surface area contributed by atoms with E-state index in [0.29, 0.717) is 22.6 Å². The Balaban J connectivity index is 1.95. The van der Waals surface area contributed by atoms with Crippen LogP contribution in [-0.2, 0) is 0 Å². The van der Waals surface area contributed by atoms with Crippen LogP contribution < -0.4 is 10.1 Å². The number of anilines is 1. The summed E-state index contributed by atoms with van der Waals surface area (Å²) in [5.74, 6) is 0.405. The summed E-state index contributed by atoms with van der Waals surface area (Å²) in [6.07, 6.45) is 5.31. The molecule has 2 heterocycles. The first kappa shape index (κ1) is 12.2. The van der Waals surface area contributed by atoms with Crippen molar-refractivity contribution in [2.75, 3.05) is 12.4 Å². The van der Waals surface area contributed by atoms with Crippen LogP contribution in [0.1, 0.15) is 10.4 Å². The van der Waals surface area contributed by atoms with E-state index in [9.17, 15) is 4.79 Å². The van der Waals surface area contributed by atoms with E-state index >= 15 is 0 Å². The fourth-order valence-corrected chi connectivity index (χ4v) is 2.06. The first-order valence-electron chi connectivity index (χ1n) is 6.15. The molecular formula is C15H13N3O2. The van der Waals surface area contributed by atoms with Crippen molar-refractivity contribution in [1.82, 2.24) is 9.38 Å². The number of para-hydroxylation sites is 2. The molecule has 100 valence electrons. The zero-order valence-corrected chi connectivity index (χ0v) is 10.9. The molecular weight excluding hydrogens is 254 g/mol. The van der Waals surface area contributed by atoms with Crippen LogP contribution in [0.2, 0.25) is 0 Å². The Morgan fingerprint density at radius 1 is 1.20 bits per heavy atom. The molecule has 0 unspecified atom stereocenters. The van der Waals surface area contributed by atoms with Crippen molar-refractivity contribution in [1.29, 1.82) is 0 Å². The summed E-state index contributed by atoms with van der Waals surface area (Å²) in [5, 5.41) is 2.84. The van der Waals surface area contributed by atoms with Gasteiger partial charge in [0.1, 0.15) is 11.4 Å². The van der Waals surface area contributed by atoms with Crippen LogP contribution in [0.5, 0.6) is 5.75 Å². The summed E-state index contributed by atoms with van der Waals surface area (Å²) >= 11 is 0. The molecule has 0 saturated carbocycles. The van der Waals surface area contributed by atoms with Gasteiger partial charge in [-0.25, -0.2) is 4.98 Å². The van der Waals surface area contributed by atoms with Gasteiger partial charge < -0.3 is 14.5 Å². The fraction of sp³-hybridized carbons (Fsp3) is 0.0667. The Bertz CT molecular complexity index is 764. The van der Waals surface area contributed by atoms with Gasteiger partial charge in [-0.15, -0.1) is 0 Å². The lowest BCUT2D eigenvalue weighted by atomic mass is 10.2. The van der Waals surface area contributed by atoms with Gasteiger partial charge >= 0.3 is 0 Å². The summed E-state index contributed by atoms with van der Waals surface area (Å²) in [5.41, 5.74) is 1.77. The second-order valence-corrected chi connectivity index (χ2v) is 4.23. The Kier molecular flexibility index (Phi) is 3.09. The number of benzene rings is 1. The summed E-state index contributed by atoms with van der Waals surface area (Å²) in [6.45, 7) is 0. The number of nitrogens with zero attached hydrogens (tertiary/aromatic N) is 2. The van der Waals surface area contributed by atoms with Gasteiger partial charge in [0, 0.05) is 18.6 Å². The number of aromatic nitrogens is 2. The van der Waals surface area contributed by atoms with Crippen LogP contribution in [0.3, 0.4) is 0 Å². The molecule has 0 saturated heterocycles. The average Bonchev–Trinajstić information content (AvgIpc) is 2.96. The number of nitrogens with one attached hydrogen (secondary N) is 1. The van der Waals surface area contributed by atoms with Crippen molar-refractivity contribution in [3.63, 3.8) is 0 Å². The normalized spacial score (nSPS) is 10.4. The number of amides is 1. The number of hydrogen-bond donors (Lipinski definition) is 1. The van der Waals surface area contributed by atoms with Crippen molar-refractivity contribution in [2.24, 2.45) is 0 Å². The molecule has 0 radical (unpaired) electrons. The van der Waals surface area contributed by atoms with Crippen molar-refractivity contribution in [3.8, 4) is 5.75 Å². The number of pyridine rings is 1. The van der Waals surface area contributed by atoms with Crippen molar-refractivity contribution < 1.29 is 9.53 Å². The largest absolute Gasteiger partial charge is 0.495 e. The maximum atomic E-state index is 12.4. The van der Waals surface area contributed by atoms with E-state index in [1.54, 1.807) is 42.1 Å². The standard InChI is InChI=1S/C15H13N3O2/c1-20-13-7-3-2-6-12(13)17-15(19)11-5-4-9-18-10-8-16-14(11)18/h2-10H,1H3,(H,17,19). The third-order valence-corrected chi connectivity index (χ3v) is 3.02. The van der Waals surface area contributed by atoms with Crippen LogP contribution in [0, 0.1) is 0 Å². The lowest BCUT2D eigenvalue weighted by Gasteiger charge is -2.10. The van der Waals surface area contributed by atoms with E-state index in [2.05, 4.69) is 10.3 Å². The van der Waals surface area contributed by atoms with Gasteiger partial charge in [-0.3, -0.25) is 4.79 Å². The first-order chi connectivity index (χ1) is 9.79. The first-order valence-corrected chi connectivity index (χ1v) is 6.15. The van der Waals surface area contributed by atoms with Gasteiger partial charge in [0.05, 0.1) is 18.4 Å². The quantitative estimate of drug-likeness (QED) is 0.793. The molecule has 0 aliphatic rings. The smallest absolute Gasteiger partial charge is 0.259 e. The van der Waals surface area contributed by atoms with Crippen LogP contribution in [0.25, 0.3) is 5.65 Å². The Morgan fingerprint density at radius 3 is 2.90 bits per heavy atom. The molecule has 0 aliphatic carbocycles. The van der Waals surface area contributed by atoms with Crippen LogP contribution in [0.4, 0.5) is 5.69 Å². The van der Waals surface area contributed by atoms with E-state index in [-0.39, 0.29) is 5.91 Å². The highest BCUT2D eigenvalue weighted by Gasteiger charge is 2.13. The third-order valence-electron chi connectivity index (χ3n) is 3.02. The molecule has 0 bridgehead atoms. The highest BCUT2D eigenvalue weighted by atomic mass is 16.5. The number of carbonyl (C=O) groups is 1. The van der Waals surface area contributed by atoms with E-state index in [1.165, 1.54) is 0 Å². The second kappa shape index (κ2) is 5.05. The molecule has 2 aromatic heterocycles. The summed E-state index contributed by atoms with van der Waals surface area (Å²) in [6, 6.07) is 10.8. The summed E-state index contributed by atoms with van der Waals surface area (Å²) in [4.78, 5) is 16.6. The molecule has 20 heavy (non-hydrogen) atoms. The molecule has 3 rings (SSSR count). The minimum atomic E-state index is -0.216. The lowest BCUT2D eigenvalue weighted by Crippen LogP contribution is -2.14. The maximum Gasteiger partial charge on any atom is 0.259 e. The zero-order chi connectivity index (χ0) is 13.9. The molecule has 0 atom stereocenters. The third kappa shape index (κ3) is 2.09. The Morgan fingerprint density at radius 2 is 2.05 bits per heavy atom. The Hall–Kier alpha value is -2.82. The topological polar surface area (TPSA) is 55.6 Å². The average molecular weight is 267 g/mol. The van der Waals surface area contributed by atoms with Gasteiger partial charge in [0.2, 0.25) is 0 Å². The maximum absolute atomic E-state index is 12.4. The zero-order valence-electron chi connectivity index (χ0n) is 10.9. The minimum absolute atomic E-state index is 0.216. The number of ether oxygens (including phenoxy) is 1. The van der Waals surface area contributed by atoms with E-state index in [1.807, 2.05) is 24.4 Å². The van der Waals surface area contributed by atoms with Crippen molar-refractivity contribution in [2.45, 2.75) is 0 Å². The van der Waals surface area contributed by atoms with E-state index in [4.69, 9.17) is 4.74 Å². The predicted molar refractivity (Wildman–Crippen MR) is 76.1 cm³/mol. The molecule has 5 heteroatoms. The molecule has 0 fully saturated rings. The summed E-state index contributed by atoms with van der Waals surface area (Å²) < 4.78 is 7.02. The minimum Gasteiger partial charge on any atom is -0.495 e. The Labute approximate surface area is 115 Å². The van der Waals surface area contributed by atoms with Crippen LogP contribution >= 0.6 is 0 Å². The van der Waals surface area contributed by atoms with E-state index in [0.717, 1.165) is 0 Å². The molecule has 1 aromatic carbocycles. The van der Waals surface area contributed by atoms with Gasteiger partial charge in [0.25, 0.3) is 5.91 Å². The van der Waals surface area contributed by atoms with Crippen molar-refractivity contribution >= 4 is 17.2 Å². The van der Waals surface area contributed by atoms with Gasteiger partial charge in [-0.1, -0.05) is 12.1 Å². The number of carbonyl (C=O) groups excluding carboxylic acids is 1. The van der Waals surface area contributed by atoms with Crippen LogP contribution in [-0.4, -0.2) is 22.4 Å². The number of fused-ring (bicyclic) bond motifs is 1. The number of hydrogen-bond acceptors (Lipinski definition) is 3. The molecule has 0 aliphatic heterocycles. The SMILES string of the molecule is COc1ccccc1NC(=O)c1cccn2ccnc12. The van der Waals surface area contributed by atoms with Gasteiger partial charge in [-0.2, -0.15) is 0 Å². The van der Waals surface area contributed by atoms with Crippen molar-refractivity contribution in [3.05, 3.63) is 60.6 Å². The van der Waals surface area contributed by atoms with Gasteiger partial charge in [-0.05, 0) is 24.3 Å². The predicted octanol–water partition coefficient (Wildman–Crippen LogP) is 2.60. The molecule has 5 nitrogen and oxygen atoms in total. The molecule has 3 aromatic rings. The lowest BCUT2D eigenvalue weighted by molar-refractivity contribution is 0.102. The fourth-order valence-electron chi connectivity index (χ4n) is 2.06. The molecule has 1 amide bonds. The monoisotopic (exact) mass is 267 g/mol. The van der Waals surface area contributed by atoms with E-state index < -0.39 is 0 Å².